The third-order valence-electron chi connectivity index (χ3n) is 5.68. The third-order valence-corrected chi connectivity index (χ3v) is 5.68. The summed E-state index contributed by atoms with van der Waals surface area (Å²) in [6, 6.07) is 13.5. The molecule has 7 heteroatoms. The van der Waals surface area contributed by atoms with E-state index in [1.165, 1.54) is 0 Å². The van der Waals surface area contributed by atoms with Gasteiger partial charge in [0.05, 0.1) is 12.8 Å². The fourth-order valence-corrected chi connectivity index (χ4v) is 3.95. The smallest absolute Gasteiger partial charge is 0.269 e. The molecule has 3 aromatic rings. The van der Waals surface area contributed by atoms with E-state index in [1.54, 1.807) is 18.8 Å². The molecule has 1 aliphatic carbocycles. The number of aryl methyl sites for hydroxylation is 2. The molecule has 31 heavy (non-hydrogen) atoms. The number of aromatic nitrogens is 3. The molecule has 1 fully saturated rings. The molecule has 1 aliphatic rings. The number of carbonyl (C=O) groups is 1. The van der Waals surface area contributed by atoms with Crippen LogP contribution in [0.15, 0.2) is 48.7 Å². The number of hydrogen-bond donors (Lipinski definition) is 1. The lowest BCUT2D eigenvalue weighted by Gasteiger charge is -2.29. The van der Waals surface area contributed by atoms with Crippen LogP contribution in [0.5, 0.6) is 11.6 Å². The van der Waals surface area contributed by atoms with Gasteiger partial charge in [0, 0.05) is 30.9 Å². The van der Waals surface area contributed by atoms with Crippen molar-refractivity contribution in [3.63, 3.8) is 0 Å². The highest BCUT2D eigenvalue weighted by atomic mass is 16.5. The van der Waals surface area contributed by atoms with Gasteiger partial charge in [-0.15, -0.1) is 0 Å². The van der Waals surface area contributed by atoms with Gasteiger partial charge in [-0.25, -0.2) is 4.98 Å². The molecule has 0 saturated heterocycles. The zero-order valence-electron chi connectivity index (χ0n) is 18.2. The lowest BCUT2D eigenvalue weighted by atomic mass is 9.93. The first-order valence-corrected chi connectivity index (χ1v) is 10.6. The van der Waals surface area contributed by atoms with Crippen molar-refractivity contribution in [3.8, 4) is 22.9 Å². The number of methoxy groups -OCH3 is 1. The molecule has 1 amide bonds. The number of carbonyl (C=O) groups excluding carboxylic acids is 1. The van der Waals surface area contributed by atoms with Crippen molar-refractivity contribution < 1.29 is 14.3 Å². The first-order valence-electron chi connectivity index (χ1n) is 10.6. The van der Waals surface area contributed by atoms with E-state index in [0.717, 1.165) is 42.6 Å². The van der Waals surface area contributed by atoms with Gasteiger partial charge < -0.3 is 14.8 Å². The molecule has 0 spiro atoms. The molecule has 0 unspecified atom stereocenters. The molecular formula is C24H28N4O3. The van der Waals surface area contributed by atoms with E-state index in [4.69, 9.17) is 9.47 Å². The van der Waals surface area contributed by atoms with Crippen molar-refractivity contribution in [1.82, 2.24) is 20.1 Å². The van der Waals surface area contributed by atoms with Crippen LogP contribution < -0.4 is 14.8 Å². The summed E-state index contributed by atoms with van der Waals surface area (Å²) in [4.78, 5) is 17.2. The van der Waals surface area contributed by atoms with E-state index in [0.29, 0.717) is 17.3 Å². The Labute approximate surface area is 182 Å². The monoisotopic (exact) mass is 420 g/mol. The Kier molecular flexibility index (Phi) is 6.21. The van der Waals surface area contributed by atoms with Crippen molar-refractivity contribution in [1.29, 1.82) is 0 Å². The highest BCUT2D eigenvalue weighted by Crippen LogP contribution is 2.29. The predicted octanol–water partition coefficient (Wildman–Crippen LogP) is 3.92. The van der Waals surface area contributed by atoms with Gasteiger partial charge in [0.15, 0.2) is 0 Å². The molecule has 0 radical (unpaired) electrons. The fourth-order valence-electron chi connectivity index (χ4n) is 3.95. The van der Waals surface area contributed by atoms with Crippen LogP contribution in [-0.2, 0) is 7.05 Å². The minimum Gasteiger partial charge on any atom is -0.496 e. The first kappa shape index (κ1) is 20.9. The Morgan fingerprint density at radius 1 is 1.13 bits per heavy atom. The average Bonchev–Trinajstić information content (AvgIpc) is 3.18. The van der Waals surface area contributed by atoms with Crippen LogP contribution in [0.3, 0.4) is 0 Å². The van der Waals surface area contributed by atoms with Crippen molar-refractivity contribution in [2.75, 3.05) is 7.11 Å². The number of amides is 1. The van der Waals surface area contributed by atoms with Crippen LogP contribution in [0.4, 0.5) is 0 Å². The van der Waals surface area contributed by atoms with Gasteiger partial charge in [0.2, 0.25) is 5.88 Å². The first-order chi connectivity index (χ1) is 15.0. The van der Waals surface area contributed by atoms with E-state index in [9.17, 15) is 4.79 Å². The number of hydrogen-bond acceptors (Lipinski definition) is 5. The zero-order chi connectivity index (χ0) is 21.8. The zero-order valence-corrected chi connectivity index (χ0v) is 18.2. The molecule has 2 heterocycles. The molecule has 7 nitrogen and oxygen atoms in total. The molecule has 2 aromatic heterocycles. The number of benzene rings is 1. The predicted molar refractivity (Wildman–Crippen MR) is 118 cm³/mol. The lowest BCUT2D eigenvalue weighted by molar-refractivity contribution is 0.0881. The molecule has 1 saturated carbocycles. The fraction of sp³-hybridized carbons (Fsp3) is 0.375. The normalized spacial score (nSPS) is 18.4. The standard InChI is InChI=1S/C24H28N4O3/c1-16-8-13-23(25-15-16)31-18-11-9-17(10-12-18)26-24(29)21-14-20(27-28(21)2)19-6-4-5-7-22(19)30-3/h4-8,13-15,17-18H,9-12H2,1-3H3,(H,26,29). The minimum atomic E-state index is -0.110. The van der Waals surface area contributed by atoms with E-state index in [-0.39, 0.29) is 18.1 Å². The molecule has 0 atom stereocenters. The quantitative estimate of drug-likeness (QED) is 0.654. The van der Waals surface area contributed by atoms with Crippen LogP contribution in [0.2, 0.25) is 0 Å². The Morgan fingerprint density at radius 3 is 2.61 bits per heavy atom. The van der Waals surface area contributed by atoms with Crippen LogP contribution in [0.1, 0.15) is 41.7 Å². The number of rotatable bonds is 6. The Bertz CT molecular complexity index is 1040. The molecule has 4 rings (SSSR count). The summed E-state index contributed by atoms with van der Waals surface area (Å²) >= 11 is 0. The van der Waals surface area contributed by atoms with Gasteiger partial charge in [0.25, 0.3) is 5.91 Å². The lowest BCUT2D eigenvalue weighted by Crippen LogP contribution is -2.40. The number of nitrogens with one attached hydrogen (secondary N) is 1. The Morgan fingerprint density at radius 2 is 1.90 bits per heavy atom. The van der Waals surface area contributed by atoms with Crippen molar-refractivity contribution in [3.05, 3.63) is 59.9 Å². The maximum absolute atomic E-state index is 12.9. The van der Waals surface area contributed by atoms with Gasteiger partial charge in [-0.2, -0.15) is 5.10 Å². The maximum Gasteiger partial charge on any atom is 0.269 e. The van der Waals surface area contributed by atoms with Crippen molar-refractivity contribution in [2.45, 2.75) is 44.8 Å². The van der Waals surface area contributed by atoms with E-state index < -0.39 is 0 Å². The topological polar surface area (TPSA) is 78.3 Å². The maximum atomic E-state index is 12.9. The van der Waals surface area contributed by atoms with E-state index >= 15 is 0 Å². The summed E-state index contributed by atoms with van der Waals surface area (Å²) in [5.74, 6) is 1.28. The summed E-state index contributed by atoms with van der Waals surface area (Å²) in [6.45, 7) is 2.01. The third kappa shape index (κ3) is 4.87. The summed E-state index contributed by atoms with van der Waals surface area (Å²) in [5.41, 5.74) is 3.22. The molecular weight excluding hydrogens is 392 g/mol. The van der Waals surface area contributed by atoms with Crippen LogP contribution in [0, 0.1) is 6.92 Å². The van der Waals surface area contributed by atoms with Gasteiger partial charge in [0.1, 0.15) is 17.5 Å². The Hall–Kier alpha value is -3.35. The molecule has 1 N–H and O–H groups in total. The average molecular weight is 421 g/mol. The summed E-state index contributed by atoms with van der Waals surface area (Å²) in [6.07, 6.45) is 5.47. The van der Waals surface area contributed by atoms with E-state index in [1.807, 2.05) is 55.6 Å². The number of nitrogens with zero attached hydrogens (tertiary/aromatic N) is 3. The van der Waals surface area contributed by atoms with Gasteiger partial charge in [-0.3, -0.25) is 9.48 Å². The number of para-hydroxylation sites is 1. The van der Waals surface area contributed by atoms with Crippen molar-refractivity contribution >= 4 is 5.91 Å². The highest BCUT2D eigenvalue weighted by molar-refractivity contribution is 5.94. The SMILES string of the molecule is COc1ccccc1-c1cc(C(=O)NC2CCC(Oc3ccc(C)cn3)CC2)n(C)n1. The summed E-state index contributed by atoms with van der Waals surface area (Å²) < 4.78 is 13.0. The van der Waals surface area contributed by atoms with Crippen molar-refractivity contribution in [2.24, 2.45) is 7.05 Å². The second-order valence-electron chi connectivity index (χ2n) is 7.98. The van der Waals surface area contributed by atoms with Crippen LogP contribution >= 0.6 is 0 Å². The molecule has 0 bridgehead atoms. The van der Waals surface area contributed by atoms with E-state index in [2.05, 4.69) is 15.4 Å². The minimum absolute atomic E-state index is 0.110. The largest absolute Gasteiger partial charge is 0.496 e. The summed E-state index contributed by atoms with van der Waals surface area (Å²) in [7, 11) is 3.41. The van der Waals surface area contributed by atoms with Crippen LogP contribution in [-0.4, -0.2) is 39.9 Å². The number of pyridine rings is 1. The molecule has 1 aromatic carbocycles. The van der Waals surface area contributed by atoms with Gasteiger partial charge in [-0.1, -0.05) is 18.2 Å². The van der Waals surface area contributed by atoms with Gasteiger partial charge in [-0.05, 0) is 56.4 Å². The number of ether oxygens (including phenoxy) is 2. The van der Waals surface area contributed by atoms with Crippen LogP contribution in [0.25, 0.3) is 11.3 Å². The molecule has 0 aliphatic heterocycles. The molecule has 162 valence electrons. The summed E-state index contributed by atoms with van der Waals surface area (Å²) in [5, 5.41) is 7.68. The second-order valence-corrected chi connectivity index (χ2v) is 7.98. The van der Waals surface area contributed by atoms with Gasteiger partial charge >= 0.3 is 0 Å². The second kappa shape index (κ2) is 9.20. The highest BCUT2D eigenvalue weighted by Gasteiger charge is 2.25. The Balaban J connectivity index is 1.35.